The smallest absolute Gasteiger partial charge is 0.253 e. The Morgan fingerprint density at radius 3 is 2.57 bits per heavy atom. The zero-order chi connectivity index (χ0) is 14.8. The number of nitrogens with zero attached hydrogens (tertiary/aromatic N) is 1. The van der Waals surface area contributed by atoms with E-state index in [1.54, 1.807) is 13.2 Å². The van der Waals surface area contributed by atoms with Crippen molar-refractivity contribution in [2.45, 2.75) is 0 Å². The highest BCUT2D eigenvalue weighted by Crippen LogP contribution is 2.31. The maximum absolute atomic E-state index is 11.7. The third kappa shape index (κ3) is 2.48. The van der Waals surface area contributed by atoms with Gasteiger partial charge in [0.25, 0.3) is 5.24 Å². The van der Waals surface area contributed by atoms with E-state index < -0.39 is 5.24 Å². The maximum Gasteiger partial charge on any atom is 0.253 e. The van der Waals surface area contributed by atoms with E-state index in [1.165, 1.54) is 0 Å². The summed E-state index contributed by atoms with van der Waals surface area (Å²) in [6.07, 6.45) is 0. The molecule has 1 aromatic heterocycles. The van der Waals surface area contributed by atoms with Crippen molar-refractivity contribution in [2.75, 3.05) is 7.11 Å². The summed E-state index contributed by atoms with van der Waals surface area (Å²) in [5.74, 6) is 0.702. The number of benzene rings is 2. The zero-order valence-corrected chi connectivity index (χ0v) is 12.1. The average molecular weight is 298 g/mol. The highest BCUT2D eigenvalue weighted by Gasteiger charge is 2.14. The van der Waals surface area contributed by atoms with E-state index >= 15 is 0 Å². The van der Waals surface area contributed by atoms with Crippen molar-refractivity contribution < 1.29 is 9.53 Å². The van der Waals surface area contributed by atoms with Gasteiger partial charge in [-0.2, -0.15) is 0 Å². The van der Waals surface area contributed by atoms with Crippen LogP contribution < -0.4 is 4.74 Å². The van der Waals surface area contributed by atoms with Crippen LogP contribution in [-0.4, -0.2) is 17.3 Å². The molecule has 104 valence electrons. The Hall–Kier alpha value is -2.39. The van der Waals surface area contributed by atoms with Gasteiger partial charge in [-0.25, -0.2) is 4.98 Å². The van der Waals surface area contributed by atoms with Crippen LogP contribution in [0.2, 0.25) is 0 Å². The second kappa shape index (κ2) is 5.54. The summed E-state index contributed by atoms with van der Waals surface area (Å²) in [5.41, 5.74) is 2.66. The van der Waals surface area contributed by atoms with Crippen LogP contribution in [0, 0.1) is 0 Å². The molecule has 4 heteroatoms. The predicted octanol–water partition coefficient (Wildman–Crippen LogP) is 4.29. The minimum absolute atomic E-state index is 0.447. The molecule has 0 saturated carbocycles. The van der Waals surface area contributed by atoms with Crippen LogP contribution in [0.1, 0.15) is 10.4 Å². The van der Waals surface area contributed by atoms with E-state index in [-0.39, 0.29) is 0 Å². The molecule has 0 N–H and O–H groups in total. The predicted molar refractivity (Wildman–Crippen MR) is 83.9 cm³/mol. The second-order valence-electron chi connectivity index (χ2n) is 4.55. The van der Waals surface area contributed by atoms with Crippen LogP contribution in [0.25, 0.3) is 22.2 Å². The first-order valence-corrected chi connectivity index (χ1v) is 6.81. The molecule has 0 spiro atoms. The molecule has 0 saturated heterocycles. The number of fused-ring (bicyclic) bond motifs is 1. The monoisotopic (exact) mass is 297 g/mol. The van der Waals surface area contributed by atoms with Gasteiger partial charge in [0, 0.05) is 16.5 Å². The Kier molecular flexibility index (Phi) is 3.59. The van der Waals surface area contributed by atoms with Crippen LogP contribution in [0.15, 0.2) is 54.6 Å². The van der Waals surface area contributed by atoms with E-state index in [2.05, 4.69) is 4.98 Å². The second-order valence-corrected chi connectivity index (χ2v) is 4.89. The van der Waals surface area contributed by atoms with E-state index in [0.717, 1.165) is 16.5 Å². The number of methoxy groups -OCH3 is 1. The summed E-state index contributed by atoms with van der Waals surface area (Å²) < 4.78 is 5.35. The number of para-hydroxylation sites is 2. The largest absolute Gasteiger partial charge is 0.496 e. The molecule has 3 aromatic rings. The van der Waals surface area contributed by atoms with Gasteiger partial charge in [0.2, 0.25) is 0 Å². The van der Waals surface area contributed by atoms with Crippen LogP contribution in [-0.2, 0) is 0 Å². The van der Waals surface area contributed by atoms with Gasteiger partial charge in [-0.1, -0.05) is 30.3 Å². The van der Waals surface area contributed by atoms with Gasteiger partial charge >= 0.3 is 0 Å². The fourth-order valence-electron chi connectivity index (χ4n) is 2.33. The van der Waals surface area contributed by atoms with Crippen LogP contribution in [0.5, 0.6) is 5.75 Å². The lowest BCUT2D eigenvalue weighted by Gasteiger charge is -2.10. The highest BCUT2D eigenvalue weighted by molar-refractivity contribution is 6.68. The van der Waals surface area contributed by atoms with Gasteiger partial charge < -0.3 is 4.74 Å². The molecule has 0 aliphatic rings. The molecule has 0 aliphatic heterocycles. The van der Waals surface area contributed by atoms with Crippen molar-refractivity contribution in [1.82, 2.24) is 4.98 Å². The van der Waals surface area contributed by atoms with Crippen molar-refractivity contribution in [3.8, 4) is 17.0 Å². The number of carbonyl (C=O) groups is 1. The van der Waals surface area contributed by atoms with Gasteiger partial charge in [0.15, 0.2) is 0 Å². The van der Waals surface area contributed by atoms with Gasteiger partial charge in [0.05, 0.1) is 18.3 Å². The van der Waals surface area contributed by atoms with Crippen LogP contribution >= 0.6 is 11.6 Å². The summed E-state index contributed by atoms with van der Waals surface area (Å²) >= 11 is 5.72. The number of pyridine rings is 1. The van der Waals surface area contributed by atoms with E-state index in [4.69, 9.17) is 16.3 Å². The molecule has 0 amide bonds. The van der Waals surface area contributed by atoms with E-state index in [0.29, 0.717) is 17.0 Å². The molecule has 2 aromatic carbocycles. The number of halogens is 1. The summed E-state index contributed by atoms with van der Waals surface area (Å²) in [7, 11) is 1.60. The fourth-order valence-corrected chi connectivity index (χ4v) is 2.49. The Morgan fingerprint density at radius 1 is 1.10 bits per heavy atom. The first kappa shape index (κ1) is 13.6. The van der Waals surface area contributed by atoms with Crippen molar-refractivity contribution >= 4 is 27.7 Å². The lowest BCUT2D eigenvalue weighted by Crippen LogP contribution is -1.97. The Morgan fingerprint density at radius 2 is 1.81 bits per heavy atom. The van der Waals surface area contributed by atoms with Gasteiger partial charge in [-0.05, 0) is 35.9 Å². The molecular weight excluding hydrogens is 286 g/mol. The molecule has 0 bridgehead atoms. The van der Waals surface area contributed by atoms with Gasteiger partial charge in [-0.3, -0.25) is 4.79 Å². The first-order valence-electron chi connectivity index (χ1n) is 6.43. The minimum atomic E-state index is -0.496. The average Bonchev–Trinajstić information content (AvgIpc) is 2.53. The quantitative estimate of drug-likeness (QED) is 0.677. The third-order valence-electron chi connectivity index (χ3n) is 3.31. The highest BCUT2D eigenvalue weighted by atomic mass is 35.5. The van der Waals surface area contributed by atoms with Crippen LogP contribution in [0.3, 0.4) is 0 Å². The number of aromatic nitrogens is 1. The summed E-state index contributed by atoms with van der Waals surface area (Å²) in [6.45, 7) is 0. The Bertz CT molecular complexity index is 830. The summed E-state index contributed by atoms with van der Waals surface area (Å²) in [4.78, 5) is 16.3. The molecule has 1 heterocycles. The number of hydrogen-bond donors (Lipinski definition) is 0. The van der Waals surface area contributed by atoms with E-state index in [1.807, 2.05) is 48.5 Å². The number of rotatable bonds is 3. The number of hydrogen-bond acceptors (Lipinski definition) is 3. The Balaban J connectivity index is 2.31. The van der Waals surface area contributed by atoms with E-state index in [9.17, 15) is 4.79 Å². The summed E-state index contributed by atoms with van der Waals surface area (Å²) in [6, 6.07) is 16.7. The van der Waals surface area contributed by atoms with Crippen LogP contribution in [0.4, 0.5) is 0 Å². The molecule has 0 aliphatic carbocycles. The lowest BCUT2D eigenvalue weighted by molar-refractivity contribution is 0.108. The topological polar surface area (TPSA) is 39.2 Å². The van der Waals surface area contributed by atoms with Crippen molar-refractivity contribution in [3.63, 3.8) is 0 Å². The molecular formula is C17H12ClNO2. The molecule has 21 heavy (non-hydrogen) atoms. The summed E-state index contributed by atoms with van der Waals surface area (Å²) in [5, 5.41) is 0.251. The Labute approximate surface area is 127 Å². The van der Waals surface area contributed by atoms with Crippen molar-refractivity contribution in [1.29, 1.82) is 0 Å². The normalized spacial score (nSPS) is 10.6. The lowest BCUT2D eigenvalue weighted by atomic mass is 10.0. The molecule has 3 nitrogen and oxygen atoms in total. The van der Waals surface area contributed by atoms with Crippen molar-refractivity contribution in [3.05, 3.63) is 60.2 Å². The first-order chi connectivity index (χ1) is 10.2. The number of ether oxygens (including phenoxy) is 1. The molecule has 0 fully saturated rings. The van der Waals surface area contributed by atoms with Crippen molar-refractivity contribution in [2.24, 2.45) is 0 Å². The SMILES string of the molecule is COc1ccccc1-c1cc(C(=O)Cl)c2ccccc2n1. The van der Waals surface area contributed by atoms with Gasteiger partial charge in [-0.15, -0.1) is 0 Å². The molecule has 0 unspecified atom stereocenters. The fraction of sp³-hybridized carbons (Fsp3) is 0.0588. The zero-order valence-electron chi connectivity index (χ0n) is 11.3. The molecule has 0 radical (unpaired) electrons. The third-order valence-corrected chi connectivity index (χ3v) is 3.51. The molecule has 3 rings (SSSR count). The van der Waals surface area contributed by atoms with Gasteiger partial charge in [0.1, 0.15) is 5.75 Å². The number of carbonyl (C=O) groups excluding carboxylic acids is 1. The maximum atomic E-state index is 11.7. The standard InChI is InChI=1S/C17H12ClNO2/c1-21-16-9-5-3-7-12(16)15-10-13(17(18)20)11-6-2-4-8-14(11)19-15/h2-10H,1H3. The molecule has 0 atom stereocenters. The minimum Gasteiger partial charge on any atom is -0.496 e.